The van der Waals surface area contributed by atoms with E-state index in [1.54, 1.807) is 0 Å². The maximum atomic E-state index is 11.7. The number of rotatable bonds is 4. The summed E-state index contributed by atoms with van der Waals surface area (Å²) in [4.78, 5) is 27.2. The number of piperazine rings is 1. The third-order valence-corrected chi connectivity index (χ3v) is 4.42. The number of halogens is 1. The molecule has 2 aliphatic heterocycles. The molecule has 1 saturated heterocycles. The average Bonchev–Trinajstić information content (AvgIpc) is 2.83. The monoisotopic (exact) mass is 350 g/mol. The number of esters is 2. The van der Waals surface area contributed by atoms with Crippen molar-refractivity contribution in [2.45, 2.75) is 19.8 Å². The molecular formula is C17H19ClN2O4. The van der Waals surface area contributed by atoms with E-state index in [-0.39, 0.29) is 5.03 Å². The van der Waals surface area contributed by atoms with Gasteiger partial charge in [0.25, 0.3) is 6.29 Å². The lowest BCUT2D eigenvalue weighted by molar-refractivity contribution is -0.174. The topological polar surface area (TPSA) is 59.1 Å². The Labute approximate surface area is 145 Å². The Kier molecular flexibility index (Phi) is 5.06. The molecule has 0 aliphatic carbocycles. The second-order valence-corrected chi connectivity index (χ2v) is 6.17. The third kappa shape index (κ3) is 3.71. The Hall–Kier alpha value is -2.05. The molecule has 7 heteroatoms. The number of ether oxygens (including phenoxy) is 2. The highest BCUT2D eigenvalue weighted by molar-refractivity contribution is 6.42. The second-order valence-electron chi connectivity index (χ2n) is 5.79. The van der Waals surface area contributed by atoms with Crippen LogP contribution >= 0.6 is 11.6 Å². The first-order valence-corrected chi connectivity index (χ1v) is 8.21. The molecule has 2 heterocycles. The van der Waals surface area contributed by atoms with Crippen LogP contribution in [0.1, 0.15) is 12.5 Å². The summed E-state index contributed by atoms with van der Waals surface area (Å²) < 4.78 is 10.1. The van der Waals surface area contributed by atoms with Gasteiger partial charge in [-0.1, -0.05) is 41.9 Å². The fourth-order valence-electron chi connectivity index (χ4n) is 2.92. The lowest BCUT2D eigenvalue weighted by Crippen LogP contribution is -2.47. The maximum absolute atomic E-state index is 11.7. The smallest absolute Gasteiger partial charge is 0.355 e. The molecule has 2 aliphatic rings. The number of hydrogen-bond donors (Lipinski definition) is 0. The average molecular weight is 351 g/mol. The van der Waals surface area contributed by atoms with E-state index in [1.807, 2.05) is 23.1 Å². The standard InChI is InChI=1S/C17H19ClN2O4/c1-12(21)23-17-15(14(18)16(22)24-17)20-9-7-19(8-10-20)11-13-5-3-2-4-6-13/h2-6,17H,7-11H2,1H3. The minimum Gasteiger partial charge on any atom is -0.419 e. The fourth-order valence-corrected chi connectivity index (χ4v) is 3.17. The van der Waals surface area contributed by atoms with Crippen molar-refractivity contribution < 1.29 is 19.1 Å². The molecule has 1 unspecified atom stereocenters. The van der Waals surface area contributed by atoms with Crippen LogP contribution in [-0.4, -0.2) is 54.2 Å². The highest BCUT2D eigenvalue weighted by atomic mass is 35.5. The zero-order valence-corrected chi connectivity index (χ0v) is 14.2. The van der Waals surface area contributed by atoms with Crippen molar-refractivity contribution in [1.82, 2.24) is 9.80 Å². The van der Waals surface area contributed by atoms with Gasteiger partial charge in [-0.25, -0.2) is 4.79 Å². The highest BCUT2D eigenvalue weighted by Gasteiger charge is 2.39. The maximum Gasteiger partial charge on any atom is 0.355 e. The lowest BCUT2D eigenvalue weighted by atomic mass is 10.2. The van der Waals surface area contributed by atoms with E-state index in [0.29, 0.717) is 18.8 Å². The van der Waals surface area contributed by atoms with Crippen molar-refractivity contribution in [3.05, 3.63) is 46.6 Å². The highest BCUT2D eigenvalue weighted by Crippen LogP contribution is 2.30. The molecule has 128 valence electrons. The molecule has 0 N–H and O–H groups in total. The Morgan fingerprint density at radius 2 is 1.92 bits per heavy atom. The van der Waals surface area contributed by atoms with Gasteiger partial charge in [0.15, 0.2) is 5.03 Å². The van der Waals surface area contributed by atoms with Crippen LogP contribution in [-0.2, 0) is 25.6 Å². The molecule has 1 atom stereocenters. The molecular weight excluding hydrogens is 332 g/mol. The van der Waals surface area contributed by atoms with Gasteiger partial charge >= 0.3 is 11.9 Å². The van der Waals surface area contributed by atoms with Crippen LogP contribution in [0.25, 0.3) is 0 Å². The minimum absolute atomic E-state index is 0.00207. The summed E-state index contributed by atoms with van der Waals surface area (Å²) >= 11 is 6.06. The lowest BCUT2D eigenvalue weighted by Gasteiger charge is -2.37. The molecule has 0 amide bonds. The van der Waals surface area contributed by atoms with Crippen molar-refractivity contribution in [3.8, 4) is 0 Å². The van der Waals surface area contributed by atoms with E-state index in [4.69, 9.17) is 21.1 Å². The molecule has 24 heavy (non-hydrogen) atoms. The van der Waals surface area contributed by atoms with E-state index >= 15 is 0 Å². The number of hydrogen-bond acceptors (Lipinski definition) is 6. The summed E-state index contributed by atoms with van der Waals surface area (Å²) in [5.74, 6) is -1.16. The summed E-state index contributed by atoms with van der Waals surface area (Å²) in [5, 5.41) is -0.00207. The summed E-state index contributed by atoms with van der Waals surface area (Å²) in [6.07, 6.45) is -1.04. The first-order chi connectivity index (χ1) is 11.5. The van der Waals surface area contributed by atoms with Gasteiger partial charge in [0, 0.05) is 39.6 Å². The Balaban J connectivity index is 1.63. The summed E-state index contributed by atoms with van der Waals surface area (Å²) in [6.45, 7) is 5.17. The molecule has 1 fully saturated rings. The van der Waals surface area contributed by atoms with Gasteiger partial charge in [0.2, 0.25) is 0 Å². The molecule has 0 bridgehead atoms. The zero-order chi connectivity index (χ0) is 17.1. The number of nitrogens with zero attached hydrogens (tertiary/aromatic N) is 2. The largest absolute Gasteiger partial charge is 0.419 e. The van der Waals surface area contributed by atoms with Gasteiger partial charge in [-0.2, -0.15) is 0 Å². The van der Waals surface area contributed by atoms with Gasteiger partial charge in [-0.15, -0.1) is 0 Å². The van der Waals surface area contributed by atoms with Crippen LogP contribution in [0.15, 0.2) is 41.1 Å². The zero-order valence-electron chi connectivity index (χ0n) is 13.4. The Morgan fingerprint density at radius 1 is 1.25 bits per heavy atom. The van der Waals surface area contributed by atoms with E-state index in [9.17, 15) is 9.59 Å². The normalized spacial score (nSPS) is 21.8. The number of carbonyl (C=O) groups excluding carboxylic acids is 2. The minimum atomic E-state index is -1.04. The van der Waals surface area contributed by atoms with E-state index in [0.717, 1.165) is 19.6 Å². The predicted molar refractivity (Wildman–Crippen MR) is 87.8 cm³/mol. The molecule has 0 aromatic heterocycles. The van der Waals surface area contributed by atoms with Crippen LogP contribution in [0.4, 0.5) is 0 Å². The number of benzene rings is 1. The fraction of sp³-hybridized carbons (Fsp3) is 0.412. The van der Waals surface area contributed by atoms with Crippen LogP contribution in [0.5, 0.6) is 0 Å². The number of carbonyl (C=O) groups is 2. The van der Waals surface area contributed by atoms with Gasteiger partial charge in [-0.05, 0) is 5.56 Å². The van der Waals surface area contributed by atoms with Crippen molar-refractivity contribution in [3.63, 3.8) is 0 Å². The first kappa shape index (κ1) is 16.8. The van der Waals surface area contributed by atoms with E-state index in [2.05, 4.69) is 17.0 Å². The number of cyclic esters (lactones) is 1. The van der Waals surface area contributed by atoms with Gasteiger partial charge in [0.1, 0.15) is 5.70 Å². The molecule has 1 aromatic rings. The first-order valence-electron chi connectivity index (χ1n) is 7.83. The van der Waals surface area contributed by atoms with Crippen LogP contribution in [0, 0.1) is 0 Å². The van der Waals surface area contributed by atoms with Gasteiger partial charge in [0.05, 0.1) is 0 Å². The van der Waals surface area contributed by atoms with Crippen molar-refractivity contribution in [2.75, 3.05) is 26.2 Å². The van der Waals surface area contributed by atoms with Crippen molar-refractivity contribution in [1.29, 1.82) is 0 Å². The SMILES string of the molecule is CC(=O)OC1OC(=O)C(Cl)=C1N1CCN(Cc2ccccc2)CC1. The van der Waals surface area contributed by atoms with Crippen molar-refractivity contribution in [2.24, 2.45) is 0 Å². The molecule has 0 saturated carbocycles. The van der Waals surface area contributed by atoms with E-state index in [1.165, 1.54) is 12.5 Å². The summed E-state index contributed by atoms with van der Waals surface area (Å²) in [7, 11) is 0. The molecule has 0 spiro atoms. The molecule has 0 radical (unpaired) electrons. The van der Waals surface area contributed by atoms with Crippen LogP contribution in [0.2, 0.25) is 0 Å². The van der Waals surface area contributed by atoms with Crippen LogP contribution in [0.3, 0.4) is 0 Å². The van der Waals surface area contributed by atoms with Crippen molar-refractivity contribution >= 4 is 23.5 Å². The summed E-state index contributed by atoms with van der Waals surface area (Å²) in [6, 6.07) is 10.3. The predicted octanol–water partition coefficient (Wildman–Crippen LogP) is 1.70. The third-order valence-electron chi connectivity index (χ3n) is 4.08. The molecule has 6 nitrogen and oxygen atoms in total. The van der Waals surface area contributed by atoms with E-state index < -0.39 is 18.2 Å². The van der Waals surface area contributed by atoms with Crippen LogP contribution < -0.4 is 0 Å². The Morgan fingerprint density at radius 3 is 2.54 bits per heavy atom. The second kappa shape index (κ2) is 7.23. The Bertz CT molecular complexity index is 654. The van der Waals surface area contributed by atoms with Gasteiger partial charge in [-0.3, -0.25) is 9.69 Å². The molecule has 1 aromatic carbocycles. The molecule has 3 rings (SSSR count). The quantitative estimate of drug-likeness (QED) is 0.770. The summed E-state index contributed by atoms with van der Waals surface area (Å²) in [5.41, 5.74) is 1.72. The van der Waals surface area contributed by atoms with Gasteiger partial charge < -0.3 is 14.4 Å².